The van der Waals surface area contributed by atoms with Crippen LogP contribution in [0.2, 0.25) is 0 Å². The maximum Gasteiger partial charge on any atom is 0.243 e. The van der Waals surface area contributed by atoms with Gasteiger partial charge < -0.3 is 9.88 Å². The lowest BCUT2D eigenvalue weighted by Gasteiger charge is -2.31. The number of aromatic nitrogens is 2. The van der Waals surface area contributed by atoms with Crippen molar-refractivity contribution in [2.24, 2.45) is 5.92 Å². The second kappa shape index (κ2) is 7.96. The van der Waals surface area contributed by atoms with Crippen molar-refractivity contribution >= 4 is 32.7 Å². The Bertz CT molecular complexity index is 1110. The van der Waals surface area contributed by atoms with Crippen molar-refractivity contribution in [2.75, 3.05) is 18.4 Å². The summed E-state index contributed by atoms with van der Waals surface area (Å²) in [4.78, 5) is 15.8. The maximum absolute atomic E-state index is 12.9. The Hall–Kier alpha value is -2.71. The molecule has 1 fully saturated rings. The number of benzene rings is 2. The zero-order valence-electron chi connectivity index (χ0n) is 16.3. The van der Waals surface area contributed by atoms with E-state index in [4.69, 9.17) is 0 Å². The van der Waals surface area contributed by atoms with Crippen LogP contribution < -0.4 is 5.32 Å². The van der Waals surface area contributed by atoms with Crippen molar-refractivity contribution in [1.82, 2.24) is 13.9 Å². The lowest BCUT2D eigenvalue weighted by atomic mass is 9.98. The summed E-state index contributed by atoms with van der Waals surface area (Å²) in [5, 5.41) is 2.65. The number of hydrogen-bond acceptors (Lipinski definition) is 4. The van der Waals surface area contributed by atoms with Crippen LogP contribution in [-0.2, 0) is 21.4 Å². The molecule has 0 atom stereocenters. The van der Waals surface area contributed by atoms with E-state index >= 15 is 0 Å². The number of amides is 1. The number of rotatable bonds is 5. The third-order valence-corrected chi connectivity index (χ3v) is 7.28. The summed E-state index contributed by atoms with van der Waals surface area (Å²) in [6, 6.07) is 14.4. The van der Waals surface area contributed by atoms with E-state index in [1.165, 1.54) is 6.92 Å². The first-order chi connectivity index (χ1) is 13.9. The molecule has 1 amide bonds. The number of carbonyl (C=O) groups is 1. The molecule has 1 aliphatic rings. The Kier molecular flexibility index (Phi) is 5.38. The highest BCUT2D eigenvalue weighted by Crippen LogP contribution is 2.26. The number of para-hydroxylation sites is 2. The molecule has 1 N–H and O–H groups in total. The number of fused-ring (bicyclic) bond motifs is 1. The van der Waals surface area contributed by atoms with E-state index in [0.717, 1.165) is 30.4 Å². The van der Waals surface area contributed by atoms with Gasteiger partial charge in [0.15, 0.2) is 0 Å². The largest absolute Gasteiger partial charge is 0.330 e. The van der Waals surface area contributed by atoms with Gasteiger partial charge in [-0.1, -0.05) is 12.1 Å². The van der Waals surface area contributed by atoms with E-state index in [-0.39, 0.29) is 10.8 Å². The maximum atomic E-state index is 12.9. The van der Waals surface area contributed by atoms with Crippen molar-refractivity contribution in [2.45, 2.75) is 31.2 Å². The van der Waals surface area contributed by atoms with Gasteiger partial charge in [0, 0.05) is 32.2 Å². The minimum Gasteiger partial charge on any atom is -0.330 e. The molecule has 1 aromatic heterocycles. The van der Waals surface area contributed by atoms with E-state index in [1.54, 1.807) is 28.6 Å². The number of carbonyl (C=O) groups excluding carboxylic acids is 1. The zero-order chi connectivity index (χ0) is 20.4. The number of anilines is 1. The van der Waals surface area contributed by atoms with Crippen LogP contribution in [0.25, 0.3) is 11.0 Å². The molecule has 0 aliphatic carbocycles. The van der Waals surface area contributed by atoms with Gasteiger partial charge in [-0.25, -0.2) is 13.4 Å². The third kappa shape index (κ3) is 4.18. The highest BCUT2D eigenvalue weighted by atomic mass is 32.2. The van der Waals surface area contributed by atoms with E-state index in [0.29, 0.717) is 24.7 Å². The van der Waals surface area contributed by atoms with Gasteiger partial charge in [-0.15, -0.1) is 0 Å². The summed E-state index contributed by atoms with van der Waals surface area (Å²) >= 11 is 0. The van der Waals surface area contributed by atoms with Gasteiger partial charge in [0.1, 0.15) is 0 Å². The van der Waals surface area contributed by atoms with Crippen molar-refractivity contribution in [3.05, 3.63) is 54.9 Å². The number of piperidine rings is 1. The van der Waals surface area contributed by atoms with Gasteiger partial charge in [0.05, 0.1) is 22.3 Å². The lowest BCUT2D eigenvalue weighted by Crippen LogP contribution is -2.39. The summed E-state index contributed by atoms with van der Waals surface area (Å²) in [7, 11) is -3.53. The Balaban J connectivity index is 1.40. The molecule has 0 radical (unpaired) electrons. The zero-order valence-corrected chi connectivity index (χ0v) is 17.1. The first-order valence-electron chi connectivity index (χ1n) is 9.71. The first kappa shape index (κ1) is 19.6. The van der Waals surface area contributed by atoms with Crippen LogP contribution >= 0.6 is 0 Å². The Morgan fingerprint density at radius 1 is 1.10 bits per heavy atom. The molecule has 2 aromatic carbocycles. The second-order valence-corrected chi connectivity index (χ2v) is 9.38. The summed E-state index contributed by atoms with van der Waals surface area (Å²) < 4.78 is 29.6. The van der Waals surface area contributed by atoms with Gasteiger partial charge in [-0.2, -0.15) is 4.31 Å². The summed E-state index contributed by atoms with van der Waals surface area (Å²) in [5.74, 6) is 0.231. The molecular weight excluding hydrogens is 388 g/mol. The van der Waals surface area contributed by atoms with Crippen molar-refractivity contribution in [3.8, 4) is 0 Å². The van der Waals surface area contributed by atoms with E-state index in [1.807, 2.05) is 24.5 Å². The van der Waals surface area contributed by atoms with Gasteiger partial charge in [-0.3, -0.25) is 4.79 Å². The monoisotopic (exact) mass is 412 g/mol. The van der Waals surface area contributed by atoms with Gasteiger partial charge in [0.2, 0.25) is 15.9 Å². The van der Waals surface area contributed by atoms with Crippen LogP contribution in [0.3, 0.4) is 0 Å². The molecule has 8 heteroatoms. The molecule has 152 valence electrons. The molecule has 3 aromatic rings. The Morgan fingerprint density at radius 3 is 2.48 bits per heavy atom. The molecule has 2 heterocycles. The van der Waals surface area contributed by atoms with Crippen LogP contribution in [0, 0.1) is 5.92 Å². The average molecular weight is 413 g/mol. The molecule has 0 bridgehead atoms. The van der Waals surface area contributed by atoms with Crippen LogP contribution in [0.1, 0.15) is 19.8 Å². The van der Waals surface area contributed by atoms with Crippen LogP contribution in [0.15, 0.2) is 59.8 Å². The highest BCUT2D eigenvalue weighted by Gasteiger charge is 2.29. The van der Waals surface area contributed by atoms with Crippen LogP contribution in [0.4, 0.5) is 5.69 Å². The highest BCUT2D eigenvalue weighted by molar-refractivity contribution is 7.89. The minimum atomic E-state index is -3.53. The molecule has 0 saturated carbocycles. The topological polar surface area (TPSA) is 84.3 Å². The first-order valence-corrected chi connectivity index (χ1v) is 11.1. The third-order valence-electron chi connectivity index (χ3n) is 5.37. The Morgan fingerprint density at radius 2 is 1.79 bits per heavy atom. The van der Waals surface area contributed by atoms with Crippen molar-refractivity contribution in [1.29, 1.82) is 0 Å². The second-order valence-electron chi connectivity index (χ2n) is 7.44. The van der Waals surface area contributed by atoms with Gasteiger partial charge in [0.25, 0.3) is 0 Å². The standard InChI is InChI=1S/C21H24N4O3S/c1-16(26)23-18-6-8-19(9-7-18)29(27,28)25-12-10-17(11-13-25)14-24-15-22-20-4-2-3-5-21(20)24/h2-9,15,17H,10-14H2,1H3,(H,23,26). The quantitative estimate of drug-likeness (QED) is 0.698. The number of sulfonamides is 1. The number of nitrogens with one attached hydrogen (secondary N) is 1. The number of imidazole rings is 1. The van der Waals surface area contributed by atoms with E-state index < -0.39 is 10.0 Å². The lowest BCUT2D eigenvalue weighted by molar-refractivity contribution is -0.114. The average Bonchev–Trinajstić information content (AvgIpc) is 3.11. The van der Waals surface area contributed by atoms with Gasteiger partial charge in [-0.05, 0) is 55.2 Å². The Labute approximate surface area is 170 Å². The van der Waals surface area contributed by atoms with Crippen molar-refractivity contribution < 1.29 is 13.2 Å². The molecule has 4 rings (SSSR count). The van der Waals surface area contributed by atoms with Gasteiger partial charge >= 0.3 is 0 Å². The predicted molar refractivity (Wildman–Crippen MR) is 112 cm³/mol. The predicted octanol–water partition coefficient (Wildman–Crippen LogP) is 3.10. The SMILES string of the molecule is CC(=O)Nc1ccc(S(=O)(=O)N2CCC(Cn3cnc4ccccc43)CC2)cc1. The van der Waals surface area contributed by atoms with Crippen molar-refractivity contribution in [3.63, 3.8) is 0 Å². The molecule has 1 aliphatic heterocycles. The molecule has 29 heavy (non-hydrogen) atoms. The smallest absolute Gasteiger partial charge is 0.243 e. The van der Waals surface area contributed by atoms with Crippen LogP contribution in [-0.4, -0.2) is 41.3 Å². The summed E-state index contributed by atoms with van der Waals surface area (Å²) in [6.45, 7) is 3.28. The molecule has 7 nitrogen and oxygen atoms in total. The molecular formula is C21H24N4O3S. The fraction of sp³-hybridized carbons (Fsp3) is 0.333. The molecule has 0 spiro atoms. The number of hydrogen-bond donors (Lipinski definition) is 1. The normalized spacial score (nSPS) is 16.2. The molecule has 1 saturated heterocycles. The molecule has 0 unspecified atom stereocenters. The van der Waals surface area contributed by atoms with E-state index in [2.05, 4.69) is 20.9 Å². The fourth-order valence-corrected chi connectivity index (χ4v) is 5.30. The summed E-state index contributed by atoms with van der Waals surface area (Å²) in [5.41, 5.74) is 2.68. The van der Waals surface area contributed by atoms with E-state index in [9.17, 15) is 13.2 Å². The van der Waals surface area contributed by atoms with Crippen LogP contribution in [0.5, 0.6) is 0 Å². The minimum absolute atomic E-state index is 0.187. The number of nitrogens with zero attached hydrogens (tertiary/aromatic N) is 3. The summed E-state index contributed by atoms with van der Waals surface area (Å²) in [6.07, 6.45) is 3.50. The fourth-order valence-electron chi connectivity index (χ4n) is 3.83.